The Balaban J connectivity index is 1.60. The van der Waals surface area contributed by atoms with Crippen molar-refractivity contribution < 1.29 is 8.87 Å². The van der Waals surface area contributed by atoms with Gasteiger partial charge >= 0.3 is 0 Å². The molecule has 1 aliphatic heterocycles. The molecule has 1 fully saturated rings. The molecule has 0 spiro atoms. The first-order valence-corrected chi connectivity index (χ1v) is 10.7. The van der Waals surface area contributed by atoms with Gasteiger partial charge in [0, 0.05) is 35.2 Å². The summed E-state index contributed by atoms with van der Waals surface area (Å²) in [6, 6.07) is 8.05. The highest BCUT2D eigenvalue weighted by Gasteiger charge is 2.37. The summed E-state index contributed by atoms with van der Waals surface area (Å²) in [6.45, 7) is 7.04. The maximum Gasteiger partial charge on any atom is 0.237 e. The lowest BCUT2D eigenvalue weighted by Gasteiger charge is -2.47. The van der Waals surface area contributed by atoms with Gasteiger partial charge in [-0.05, 0) is 62.2 Å². The number of rotatable bonds is 5. The fourth-order valence-corrected chi connectivity index (χ4v) is 4.92. The molecule has 0 bridgehead atoms. The van der Waals surface area contributed by atoms with Crippen molar-refractivity contribution in [3.63, 3.8) is 0 Å². The van der Waals surface area contributed by atoms with E-state index in [1.54, 1.807) is 6.07 Å². The van der Waals surface area contributed by atoms with Crippen LogP contribution in [0.3, 0.4) is 0 Å². The molecule has 0 N–H and O–H groups in total. The van der Waals surface area contributed by atoms with Crippen molar-refractivity contribution >= 4 is 40.3 Å². The molecule has 1 aliphatic rings. The topological polar surface area (TPSA) is 37.2 Å². The zero-order valence-corrected chi connectivity index (χ0v) is 18.4. The van der Waals surface area contributed by atoms with Gasteiger partial charge in [-0.2, -0.15) is 14.4 Å². The van der Waals surface area contributed by atoms with Crippen LogP contribution in [0.15, 0.2) is 30.3 Å². The van der Waals surface area contributed by atoms with Gasteiger partial charge in [0.2, 0.25) is 11.9 Å². The summed E-state index contributed by atoms with van der Waals surface area (Å²) in [5.74, 6) is -0.510. The van der Waals surface area contributed by atoms with E-state index in [1.165, 1.54) is 6.07 Å². The number of piperidine rings is 1. The van der Waals surface area contributed by atoms with Crippen molar-refractivity contribution in [3.05, 3.63) is 51.9 Å². The van der Waals surface area contributed by atoms with Crippen LogP contribution < -0.4 is 4.90 Å². The number of imidazole rings is 1. The third-order valence-corrected chi connectivity index (χ3v) is 6.25. The summed E-state index contributed by atoms with van der Waals surface area (Å²) in [7, 11) is 0. The van der Waals surface area contributed by atoms with E-state index in [4.69, 9.17) is 23.2 Å². The predicted octanol–water partition coefficient (Wildman–Crippen LogP) is 5.49. The molecule has 30 heavy (non-hydrogen) atoms. The fraction of sp³-hybridized carbons (Fsp3) is 0.429. The van der Waals surface area contributed by atoms with Crippen LogP contribution in [0.2, 0.25) is 10.0 Å². The van der Waals surface area contributed by atoms with Gasteiger partial charge in [0.15, 0.2) is 5.65 Å². The first-order chi connectivity index (χ1) is 14.3. The Bertz CT molecular complexity index is 1050. The van der Waals surface area contributed by atoms with Gasteiger partial charge in [0.1, 0.15) is 5.52 Å². The van der Waals surface area contributed by atoms with Gasteiger partial charge in [-0.3, -0.25) is 4.90 Å². The van der Waals surface area contributed by atoms with Crippen LogP contribution in [0.25, 0.3) is 11.2 Å². The molecule has 0 unspecified atom stereocenters. The quantitative estimate of drug-likeness (QED) is 0.478. The number of fused-ring (bicyclic) bond motifs is 1. The normalized spacial score (nSPS) is 19.8. The van der Waals surface area contributed by atoms with Gasteiger partial charge in [-0.15, -0.1) is 4.79 Å². The minimum Gasteiger partial charge on any atom is -0.338 e. The second-order valence-corrected chi connectivity index (χ2v) is 8.86. The average molecular weight is 454 g/mol. The maximum atomic E-state index is 14.9. The number of nitrogens with zero attached hydrogens (tertiary/aromatic N) is 5. The number of aromatic nitrogens is 3. The molecule has 9 heteroatoms. The van der Waals surface area contributed by atoms with Crippen molar-refractivity contribution in [1.82, 2.24) is 19.7 Å². The lowest BCUT2D eigenvalue weighted by molar-refractivity contribution is 0.0836. The van der Waals surface area contributed by atoms with Crippen molar-refractivity contribution in [2.24, 2.45) is 0 Å². The van der Waals surface area contributed by atoms with E-state index >= 15 is 0 Å². The van der Waals surface area contributed by atoms with Gasteiger partial charge < -0.3 is 4.90 Å². The second kappa shape index (κ2) is 8.29. The predicted molar refractivity (Wildman–Crippen MR) is 116 cm³/mol. The van der Waals surface area contributed by atoms with Crippen molar-refractivity contribution in [1.29, 1.82) is 0 Å². The number of halogens is 4. The third kappa shape index (κ3) is 4.11. The fourth-order valence-electron chi connectivity index (χ4n) is 4.35. The average Bonchev–Trinajstić information content (AvgIpc) is 3.01. The maximum absolute atomic E-state index is 14.9. The number of hydrogen-bond donors (Lipinski definition) is 0. The number of hydrogen-bond acceptors (Lipinski definition) is 4. The van der Waals surface area contributed by atoms with E-state index in [0.29, 0.717) is 34.5 Å². The molecule has 0 saturated carbocycles. The smallest absolute Gasteiger partial charge is 0.237 e. The van der Waals surface area contributed by atoms with E-state index in [9.17, 15) is 8.87 Å². The zero-order chi connectivity index (χ0) is 21.5. The highest BCUT2D eigenvalue weighted by Crippen LogP contribution is 2.33. The molecule has 0 aliphatic carbocycles. The molecule has 3 aromatic rings. The Morgan fingerprint density at radius 1 is 1.17 bits per heavy atom. The van der Waals surface area contributed by atoms with Crippen LogP contribution in [-0.2, 0) is 6.54 Å². The van der Waals surface area contributed by atoms with E-state index in [-0.39, 0.29) is 22.7 Å². The van der Waals surface area contributed by atoms with Gasteiger partial charge in [-0.1, -0.05) is 34.6 Å². The molecule has 1 saturated heterocycles. The lowest BCUT2D eigenvalue weighted by Crippen LogP contribution is -2.57. The standard InChI is InChI=1S/C21H23Cl2F2N5/c1-3-29(12-14-9-15(22)11-16(23)10-14)21(2)7-4-8-28(13-21)20-27-19-17(30(20)25)5-6-18(24)26-19/h5-6,9-11H,3-4,7-8,12-13H2,1-2H3/t21-/m1/s1. The summed E-state index contributed by atoms with van der Waals surface area (Å²) in [4.78, 5) is 12.7. The van der Waals surface area contributed by atoms with E-state index in [2.05, 4.69) is 28.7 Å². The summed E-state index contributed by atoms with van der Waals surface area (Å²) in [5.41, 5.74) is 1.06. The minimum absolute atomic E-state index is 0.0701. The van der Waals surface area contributed by atoms with Crippen LogP contribution in [-0.4, -0.2) is 44.8 Å². The number of pyridine rings is 1. The van der Waals surface area contributed by atoms with Crippen LogP contribution in [0.5, 0.6) is 0 Å². The van der Waals surface area contributed by atoms with Crippen LogP contribution in [0, 0.1) is 5.95 Å². The monoisotopic (exact) mass is 453 g/mol. The number of benzene rings is 1. The number of anilines is 1. The van der Waals surface area contributed by atoms with Crippen molar-refractivity contribution in [2.75, 3.05) is 24.5 Å². The Hall–Kier alpha value is -1.96. The third-order valence-electron chi connectivity index (χ3n) is 5.81. The molecule has 1 aromatic carbocycles. The second-order valence-electron chi connectivity index (χ2n) is 7.98. The molecule has 2 aromatic heterocycles. The Morgan fingerprint density at radius 2 is 1.90 bits per heavy atom. The number of likely N-dealkylation sites (N-methyl/N-ethyl adjacent to an activating group) is 1. The first kappa shape index (κ1) is 21.3. The Labute approximate surface area is 184 Å². The van der Waals surface area contributed by atoms with Crippen LogP contribution in [0.1, 0.15) is 32.3 Å². The van der Waals surface area contributed by atoms with Crippen molar-refractivity contribution in [2.45, 2.75) is 38.8 Å². The van der Waals surface area contributed by atoms with Crippen molar-refractivity contribution in [3.8, 4) is 0 Å². The van der Waals surface area contributed by atoms with Crippen LogP contribution in [0.4, 0.5) is 14.8 Å². The highest BCUT2D eigenvalue weighted by atomic mass is 35.5. The Morgan fingerprint density at radius 3 is 2.60 bits per heavy atom. The molecule has 0 amide bonds. The zero-order valence-electron chi connectivity index (χ0n) is 16.9. The molecule has 160 valence electrons. The van der Waals surface area contributed by atoms with Gasteiger partial charge in [-0.25, -0.2) is 0 Å². The minimum atomic E-state index is -0.673. The molecule has 1 atom stereocenters. The van der Waals surface area contributed by atoms with Gasteiger partial charge in [0.05, 0.1) is 0 Å². The molecule has 0 radical (unpaired) electrons. The summed E-state index contributed by atoms with van der Waals surface area (Å²) >= 11 is 12.3. The highest BCUT2D eigenvalue weighted by molar-refractivity contribution is 6.34. The van der Waals surface area contributed by atoms with Gasteiger partial charge in [0.25, 0.3) is 0 Å². The summed E-state index contributed by atoms with van der Waals surface area (Å²) in [6.07, 6.45) is 1.85. The SMILES string of the molecule is CCN(Cc1cc(Cl)cc(Cl)c1)[C@]1(C)CCCN(c2nc3nc(F)ccc3n2F)C1. The van der Waals surface area contributed by atoms with E-state index < -0.39 is 5.95 Å². The first-order valence-electron chi connectivity index (χ1n) is 9.95. The molecule has 4 rings (SSSR count). The van der Waals surface area contributed by atoms with E-state index in [1.807, 2.05) is 17.0 Å². The summed E-state index contributed by atoms with van der Waals surface area (Å²) < 4.78 is 28.4. The Kier molecular flexibility index (Phi) is 5.88. The largest absolute Gasteiger partial charge is 0.338 e. The molecule has 5 nitrogen and oxygen atoms in total. The molecule has 3 heterocycles. The molecular weight excluding hydrogens is 431 g/mol. The van der Waals surface area contributed by atoms with Crippen LogP contribution >= 0.6 is 23.2 Å². The molecular formula is C21H23Cl2F2N5. The van der Waals surface area contributed by atoms with E-state index in [0.717, 1.165) is 31.0 Å². The summed E-state index contributed by atoms with van der Waals surface area (Å²) in [5, 5.41) is 1.21. The lowest BCUT2D eigenvalue weighted by atomic mass is 9.88.